The van der Waals surface area contributed by atoms with Crippen LogP contribution in [0.15, 0.2) is 83.0 Å². The fourth-order valence-corrected chi connectivity index (χ4v) is 2.11. The fraction of sp³-hybridized carbons (Fsp3) is 0. The van der Waals surface area contributed by atoms with E-state index in [1.165, 1.54) is 0 Å². The quantitative estimate of drug-likeness (QED) is 0.268. The van der Waals surface area contributed by atoms with Crippen LogP contribution < -0.4 is 9.47 Å². The van der Waals surface area contributed by atoms with Gasteiger partial charge in [-0.3, -0.25) is 0 Å². The van der Waals surface area contributed by atoms with Gasteiger partial charge in [-0.15, -0.1) is 0 Å². The Kier molecular flexibility index (Phi) is 5.22. The Hall–Kier alpha value is -4.12. The van der Waals surface area contributed by atoms with Crippen molar-refractivity contribution in [1.82, 2.24) is 0 Å². The van der Waals surface area contributed by atoms with Crippen molar-refractivity contribution in [2.75, 3.05) is 0 Å². The number of benzene rings is 3. The molecule has 0 aliphatic carbocycles. The van der Waals surface area contributed by atoms with Crippen molar-refractivity contribution in [2.24, 2.45) is 10.2 Å². The minimum Gasteiger partial charge on any atom is -0.457 e. The Morgan fingerprint density at radius 2 is 0.769 bits per heavy atom. The molecule has 0 spiro atoms. The number of rotatable bonds is 6. The third kappa shape index (κ3) is 4.46. The molecule has 0 heterocycles. The van der Waals surface area contributed by atoms with Crippen LogP contribution in [-0.4, -0.2) is 0 Å². The van der Waals surface area contributed by atoms with E-state index >= 15 is 0 Å². The molecule has 126 valence electrons. The number of hydrogen-bond acceptors (Lipinski definition) is 4. The van der Waals surface area contributed by atoms with Crippen LogP contribution in [0.2, 0.25) is 0 Å². The van der Waals surface area contributed by atoms with Gasteiger partial charge >= 0.3 is 0 Å². The Morgan fingerprint density at radius 3 is 1.04 bits per heavy atom. The Labute approximate surface area is 148 Å². The van der Waals surface area contributed by atoms with Crippen molar-refractivity contribution in [3.05, 3.63) is 93.7 Å². The van der Waals surface area contributed by atoms with Crippen molar-refractivity contribution in [1.29, 1.82) is 0 Å². The van der Waals surface area contributed by atoms with E-state index in [0.717, 1.165) is 0 Å². The SMILES string of the molecule is [N-]=[N+]=Nc1ccc(Oc2ccc(Oc3ccc(N=[N+]=[N-])cc3)cc2)cc1. The Morgan fingerprint density at radius 1 is 0.500 bits per heavy atom. The van der Waals surface area contributed by atoms with E-state index < -0.39 is 0 Å². The second kappa shape index (κ2) is 8.12. The topological polar surface area (TPSA) is 116 Å². The molecule has 0 saturated carbocycles. The largest absolute Gasteiger partial charge is 0.457 e. The second-order valence-electron chi connectivity index (χ2n) is 5.04. The van der Waals surface area contributed by atoms with Crippen LogP contribution >= 0.6 is 0 Å². The molecule has 0 aliphatic rings. The van der Waals surface area contributed by atoms with Crippen LogP contribution in [0, 0.1) is 0 Å². The molecule has 0 atom stereocenters. The molecule has 0 aliphatic heterocycles. The summed E-state index contributed by atoms with van der Waals surface area (Å²) in [6.07, 6.45) is 0. The highest BCUT2D eigenvalue weighted by Crippen LogP contribution is 2.28. The average Bonchev–Trinajstić information content (AvgIpc) is 2.67. The van der Waals surface area contributed by atoms with E-state index in [4.69, 9.17) is 20.5 Å². The number of ether oxygens (including phenoxy) is 2. The normalized spacial score (nSPS) is 9.54. The molecular formula is C18H12N6O2. The van der Waals surface area contributed by atoms with Crippen LogP contribution in [0.5, 0.6) is 23.0 Å². The summed E-state index contributed by atoms with van der Waals surface area (Å²) in [6, 6.07) is 20.7. The summed E-state index contributed by atoms with van der Waals surface area (Å²) in [6.45, 7) is 0. The highest BCUT2D eigenvalue weighted by atomic mass is 16.5. The van der Waals surface area contributed by atoms with E-state index in [0.29, 0.717) is 34.4 Å². The van der Waals surface area contributed by atoms with Gasteiger partial charge in [-0.1, -0.05) is 10.2 Å². The van der Waals surface area contributed by atoms with Crippen molar-refractivity contribution in [2.45, 2.75) is 0 Å². The molecule has 0 fully saturated rings. The first kappa shape index (κ1) is 16.7. The molecule has 0 aromatic heterocycles. The van der Waals surface area contributed by atoms with Gasteiger partial charge in [0.1, 0.15) is 23.0 Å². The average molecular weight is 344 g/mol. The maximum atomic E-state index is 8.39. The lowest BCUT2D eigenvalue weighted by atomic mass is 10.3. The van der Waals surface area contributed by atoms with Crippen LogP contribution in [-0.2, 0) is 0 Å². The summed E-state index contributed by atoms with van der Waals surface area (Å²) >= 11 is 0. The molecule has 26 heavy (non-hydrogen) atoms. The van der Waals surface area contributed by atoms with Gasteiger partial charge in [0.2, 0.25) is 0 Å². The molecule has 8 heteroatoms. The lowest BCUT2D eigenvalue weighted by Crippen LogP contribution is -1.86. The van der Waals surface area contributed by atoms with Crippen LogP contribution in [0.25, 0.3) is 20.9 Å². The minimum atomic E-state index is 0.523. The number of nitrogens with zero attached hydrogens (tertiary/aromatic N) is 6. The summed E-state index contributed by atoms with van der Waals surface area (Å²) in [7, 11) is 0. The zero-order valence-electron chi connectivity index (χ0n) is 13.4. The molecule has 0 N–H and O–H groups in total. The Bertz CT molecular complexity index is 889. The molecule has 0 unspecified atom stereocenters. The van der Waals surface area contributed by atoms with Crippen LogP contribution in [0.4, 0.5) is 11.4 Å². The zero-order valence-corrected chi connectivity index (χ0v) is 13.4. The highest BCUT2D eigenvalue weighted by Gasteiger charge is 2.01. The predicted octanol–water partition coefficient (Wildman–Crippen LogP) is 7.15. The molecule has 0 saturated heterocycles. The summed E-state index contributed by atoms with van der Waals surface area (Å²) in [5.41, 5.74) is 17.8. The second-order valence-corrected chi connectivity index (χ2v) is 5.04. The van der Waals surface area contributed by atoms with Crippen LogP contribution in [0.1, 0.15) is 0 Å². The fourth-order valence-electron chi connectivity index (χ4n) is 2.11. The van der Waals surface area contributed by atoms with Gasteiger partial charge in [-0.05, 0) is 83.9 Å². The first-order chi connectivity index (χ1) is 12.8. The van der Waals surface area contributed by atoms with E-state index in [9.17, 15) is 0 Å². The molecule has 0 radical (unpaired) electrons. The molecule has 3 aromatic carbocycles. The first-order valence-electron chi connectivity index (χ1n) is 7.53. The van der Waals surface area contributed by atoms with Crippen molar-refractivity contribution >= 4 is 11.4 Å². The molecule has 8 nitrogen and oxygen atoms in total. The van der Waals surface area contributed by atoms with Gasteiger partial charge in [-0.2, -0.15) is 0 Å². The van der Waals surface area contributed by atoms with Crippen molar-refractivity contribution in [3.8, 4) is 23.0 Å². The lowest BCUT2D eigenvalue weighted by Gasteiger charge is -2.08. The van der Waals surface area contributed by atoms with Gasteiger partial charge in [0.25, 0.3) is 0 Å². The van der Waals surface area contributed by atoms with E-state index in [1.54, 1.807) is 72.8 Å². The van der Waals surface area contributed by atoms with Gasteiger partial charge in [-0.25, -0.2) is 0 Å². The number of azide groups is 2. The van der Waals surface area contributed by atoms with E-state index in [2.05, 4.69) is 20.1 Å². The number of hydrogen-bond donors (Lipinski definition) is 0. The van der Waals surface area contributed by atoms with Gasteiger partial charge in [0, 0.05) is 21.2 Å². The van der Waals surface area contributed by atoms with E-state index in [1.807, 2.05) is 0 Å². The third-order valence-electron chi connectivity index (χ3n) is 3.29. The Balaban J connectivity index is 1.64. The summed E-state index contributed by atoms with van der Waals surface area (Å²) < 4.78 is 11.4. The maximum Gasteiger partial charge on any atom is 0.127 e. The van der Waals surface area contributed by atoms with Gasteiger partial charge in [0.15, 0.2) is 0 Å². The first-order valence-corrected chi connectivity index (χ1v) is 7.53. The van der Waals surface area contributed by atoms with Gasteiger partial charge < -0.3 is 9.47 Å². The third-order valence-corrected chi connectivity index (χ3v) is 3.29. The van der Waals surface area contributed by atoms with Crippen molar-refractivity contribution < 1.29 is 9.47 Å². The molecule has 0 amide bonds. The van der Waals surface area contributed by atoms with E-state index in [-0.39, 0.29) is 0 Å². The molecular weight excluding hydrogens is 332 g/mol. The zero-order chi connectivity index (χ0) is 18.2. The lowest BCUT2D eigenvalue weighted by molar-refractivity contribution is 0.469. The molecule has 3 aromatic rings. The van der Waals surface area contributed by atoms with Crippen LogP contribution in [0.3, 0.4) is 0 Å². The monoisotopic (exact) mass is 344 g/mol. The standard InChI is InChI=1S/C18H12N6O2/c19-23-21-13-1-5-15(6-2-13)25-17-9-11-18(12-10-17)26-16-7-3-14(4-8-16)22-24-20/h1-12H. The summed E-state index contributed by atoms with van der Waals surface area (Å²) in [4.78, 5) is 5.45. The summed E-state index contributed by atoms with van der Waals surface area (Å²) in [5.74, 6) is 2.55. The smallest absolute Gasteiger partial charge is 0.127 e. The summed E-state index contributed by atoms with van der Waals surface area (Å²) in [5, 5.41) is 7.01. The molecule has 0 bridgehead atoms. The van der Waals surface area contributed by atoms with Crippen molar-refractivity contribution in [3.63, 3.8) is 0 Å². The highest BCUT2D eigenvalue weighted by molar-refractivity contribution is 5.44. The molecule has 3 rings (SSSR count). The minimum absolute atomic E-state index is 0.523. The van der Waals surface area contributed by atoms with Gasteiger partial charge in [0.05, 0.1) is 0 Å². The maximum absolute atomic E-state index is 8.39. The predicted molar refractivity (Wildman–Crippen MR) is 97.1 cm³/mol.